The minimum Gasteiger partial charge on any atom is -0.489 e. The van der Waals surface area contributed by atoms with Gasteiger partial charge in [0, 0.05) is 11.5 Å². The van der Waals surface area contributed by atoms with E-state index in [1.807, 2.05) is 48.5 Å². The molecule has 2 aliphatic rings. The first kappa shape index (κ1) is 23.1. The molecule has 2 fully saturated rings. The molecule has 0 saturated heterocycles. The molecule has 0 spiro atoms. The number of carbonyl (C=O) groups is 1. The van der Waals surface area contributed by atoms with Crippen LogP contribution in [0.2, 0.25) is 10.0 Å². The Morgan fingerprint density at radius 1 is 1.00 bits per heavy atom. The highest BCUT2D eigenvalue weighted by Gasteiger charge is 2.51. The Hall–Kier alpha value is -3.28. The van der Waals surface area contributed by atoms with Crippen molar-refractivity contribution in [1.82, 2.24) is 5.16 Å². The Kier molecular flexibility index (Phi) is 5.78. The number of benzene rings is 3. The Balaban J connectivity index is 1.29. The first-order chi connectivity index (χ1) is 17.5. The van der Waals surface area contributed by atoms with Crippen molar-refractivity contribution in [3.8, 4) is 28.1 Å². The summed E-state index contributed by atoms with van der Waals surface area (Å²) >= 11 is 12.9. The van der Waals surface area contributed by atoms with Gasteiger partial charge in [-0.05, 0) is 66.6 Å². The van der Waals surface area contributed by atoms with Gasteiger partial charge in [-0.1, -0.05) is 70.8 Å². The highest BCUT2D eigenvalue weighted by molar-refractivity contribution is 6.39. The average Bonchev–Trinajstić information content (AvgIpc) is 3.81. The normalized spacial score (nSPS) is 16.1. The molecule has 182 valence electrons. The lowest BCUT2D eigenvalue weighted by Gasteiger charge is -2.13. The summed E-state index contributed by atoms with van der Waals surface area (Å²) < 4.78 is 12.0. The minimum absolute atomic E-state index is 0.262. The van der Waals surface area contributed by atoms with Crippen LogP contribution in [0.5, 0.6) is 5.75 Å². The third kappa shape index (κ3) is 4.16. The smallest absolute Gasteiger partial charge is 0.314 e. The molecule has 1 aromatic heterocycles. The zero-order valence-electron chi connectivity index (χ0n) is 19.3. The number of aliphatic carboxylic acids is 1. The van der Waals surface area contributed by atoms with Gasteiger partial charge in [0.25, 0.3) is 0 Å². The number of carboxylic acid groups (broad SMARTS) is 1. The fourth-order valence-corrected chi connectivity index (χ4v) is 5.29. The lowest BCUT2D eigenvalue weighted by atomic mass is 9.92. The van der Waals surface area contributed by atoms with Gasteiger partial charge in [-0.3, -0.25) is 4.79 Å². The first-order valence-electron chi connectivity index (χ1n) is 12.0. The van der Waals surface area contributed by atoms with Crippen LogP contribution in [-0.2, 0) is 16.8 Å². The Bertz CT molecular complexity index is 1450. The number of halogens is 2. The van der Waals surface area contributed by atoms with Gasteiger partial charge in [0.2, 0.25) is 0 Å². The van der Waals surface area contributed by atoms with Crippen molar-refractivity contribution in [3.63, 3.8) is 0 Å². The Morgan fingerprint density at radius 3 is 2.33 bits per heavy atom. The highest BCUT2D eigenvalue weighted by atomic mass is 35.5. The molecule has 1 heterocycles. The van der Waals surface area contributed by atoms with Gasteiger partial charge >= 0.3 is 5.97 Å². The summed E-state index contributed by atoms with van der Waals surface area (Å²) in [6, 6.07) is 20.9. The number of nitrogens with zero attached hydrogens (tertiary/aromatic N) is 1. The molecule has 0 aliphatic heterocycles. The predicted octanol–water partition coefficient (Wildman–Crippen LogP) is 7.89. The third-order valence-electron chi connectivity index (χ3n) is 7.09. The number of ether oxygens (including phenoxy) is 1. The van der Waals surface area contributed by atoms with Gasteiger partial charge in [0.15, 0.2) is 0 Å². The van der Waals surface area contributed by atoms with Crippen LogP contribution in [0.4, 0.5) is 0 Å². The van der Waals surface area contributed by atoms with Crippen molar-refractivity contribution in [2.75, 3.05) is 0 Å². The summed E-state index contributed by atoms with van der Waals surface area (Å²) in [4.78, 5) is 11.8. The number of hydrogen-bond acceptors (Lipinski definition) is 4. The van der Waals surface area contributed by atoms with E-state index in [0.717, 1.165) is 40.9 Å². The molecule has 4 aromatic rings. The van der Waals surface area contributed by atoms with E-state index in [0.29, 0.717) is 45.8 Å². The monoisotopic (exact) mass is 519 g/mol. The average molecular weight is 520 g/mol. The molecule has 5 nitrogen and oxygen atoms in total. The molecule has 0 radical (unpaired) electrons. The second-order valence-electron chi connectivity index (χ2n) is 9.53. The standard InChI is InChI=1S/C29H23Cl2NO4/c30-23-8-3-9-24(31)25(23)26-22(27(36-32-26)17-10-11-17)16-35-21-7-2-5-19(15-21)18-4-1-6-20(14-18)29(12-13-29)28(33)34/h1-9,14-15,17H,10-13,16H2,(H,33,34). The largest absolute Gasteiger partial charge is 0.489 e. The van der Waals surface area contributed by atoms with Crippen molar-refractivity contribution in [3.05, 3.63) is 93.7 Å². The molecule has 7 heteroatoms. The second kappa shape index (κ2) is 8.99. The second-order valence-corrected chi connectivity index (χ2v) is 10.3. The van der Waals surface area contributed by atoms with Crippen LogP contribution in [0, 0.1) is 0 Å². The van der Waals surface area contributed by atoms with Crippen LogP contribution >= 0.6 is 23.2 Å². The molecule has 2 aliphatic carbocycles. The number of hydrogen-bond donors (Lipinski definition) is 1. The lowest BCUT2D eigenvalue weighted by Crippen LogP contribution is -2.19. The summed E-state index contributed by atoms with van der Waals surface area (Å²) in [7, 11) is 0. The van der Waals surface area contributed by atoms with E-state index in [1.165, 1.54) is 0 Å². The van der Waals surface area contributed by atoms with Crippen molar-refractivity contribution in [2.45, 2.75) is 43.6 Å². The van der Waals surface area contributed by atoms with Crippen molar-refractivity contribution in [2.24, 2.45) is 0 Å². The van der Waals surface area contributed by atoms with Crippen molar-refractivity contribution < 1.29 is 19.2 Å². The van der Waals surface area contributed by atoms with Crippen LogP contribution in [0.3, 0.4) is 0 Å². The van der Waals surface area contributed by atoms with Gasteiger partial charge in [-0.2, -0.15) is 0 Å². The number of rotatable bonds is 8. The fraction of sp³-hybridized carbons (Fsp3) is 0.241. The molecule has 6 rings (SSSR count). The lowest BCUT2D eigenvalue weighted by molar-refractivity contribution is -0.140. The zero-order valence-corrected chi connectivity index (χ0v) is 20.9. The third-order valence-corrected chi connectivity index (χ3v) is 7.72. The van der Waals surface area contributed by atoms with E-state index in [-0.39, 0.29) is 6.61 Å². The van der Waals surface area contributed by atoms with Crippen LogP contribution in [0.15, 0.2) is 71.3 Å². The molecule has 0 unspecified atom stereocenters. The van der Waals surface area contributed by atoms with E-state index in [4.69, 9.17) is 32.5 Å². The van der Waals surface area contributed by atoms with Gasteiger partial charge in [0.1, 0.15) is 23.8 Å². The molecule has 0 atom stereocenters. The van der Waals surface area contributed by atoms with Gasteiger partial charge in [-0.15, -0.1) is 0 Å². The molecule has 36 heavy (non-hydrogen) atoms. The summed E-state index contributed by atoms with van der Waals surface area (Å²) in [5.74, 6) is 1.10. The molecular weight excluding hydrogens is 497 g/mol. The van der Waals surface area contributed by atoms with Crippen molar-refractivity contribution in [1.29, 1.82) is 0 Å². The molecular formula is C29H23Cl2NO4. The summed E-state index contributed by atoms with van der Waals surface area (Å²) in [6.45, 7) is 0.262. The van der Waals surface area contributed by atoms with Crippen LogP contribution < -0.4 is 4.74 Å². The summed E-state index contributed by atoms with van der Waals surface area (Å²) in [5, 5.41) is 15.0. The van der Waals surface area contributed by atoms with E-state index < -0.39 is 11.4 Å². The first-order valence-corrected chi connectivity index (χ1v) is 12.7. The van der Waals surface area contributed by atoms with E-state index in [1.54, 1.807) is 18.2 Å². The SMILES string of the molecule is O=C(O)C1(c2cccc(-c3cccc(OCc4c(-c5c(Cl)cccc5Cl)noc4C4CC4)c3)c2)CC1. The minimum atomic E-state index is -0.758. The molecule has 2 saturated carbocycles. The predicted molar refractivity (Wildman–Crippen MR) is 139 cm³/mol. The van der Waals surface area contributed by atoms with E-state index in [9.17, 15) is 9.90 Å². The van der Waals surface area contributed by atoms with E-state index >= 15 is 0 Å². The van der Waals surface area contributed by atoms with E-state index in [2.05, 4.69) is 5.16 Å². The van der Waals surface area contributed by atoms with Crippen LogP contribution in [0.25, 0.3) is 22.4 Å². The summed E-state index contributed by atoms with van der Waals surface area (Å²) in [6.07, 6.45) is 3.46. The maximum atomic E-state index is 11.8. The highest BCUT2D eigenvalue weighted by Crippen LogP contribution is 2.49. The maximum absolute atomic E-state index is 11.8. The number of carboxylic acids is 1. The summed E-state index contributed by atoms with van der Waals surface area (Å²) in [5.41, 5.74) is 4.13. The van der Waals surface area contributed by atoms with Crippen molar-refractivity contribution >= 4 is 29.2 Å². The topological polar surface area (TPSA) is 72.6 Å². The number of aromatic nitrogens is 1. The Morgan fingerprint density at radius 2 is 1.67 bits per heavy atom. The molecule has 0 amide bonds. The molecule has 0 bridgehead atoms. The van der Waals surface area contributed by atoms with Crippen LogP contribution in [0.1, 0.15) is 48.5 Å². The van der Waals surface area contributed by atoms with Gasteiger partial charge in [-0.25, -0.2) is 0 Å². The Labute approximate surface area is 218 Å². The van der Waals surface area contributed by atoms with Gasteiger partial charge in [0.05, 0.1) is 21.0 Å². The quantitative estimate of drug-likeness (QED) is 0.256. The molecule has 1 N–H and O–H groups in total. The van der Waals surface area contributed by atoms with Gasteiger partial charge < -0.3 is 14.4 Å². The fourth-order valence-electron chi connectivity index (χ4n) is 4.72. The zero-order chi connectivity index (χ0) is 24.9. The maximum Gasteiger partial charge on any atom is 0.314 e. The molecule has 3 aromatic carbocycles. The van der Waals surface area contributed by atoms with Crippen LogP contribution in [-0.4, -0.2) is 16.2 Å².